The lowest BCUT2D eigenvalue weighted by molar-refractivity contribution is 0.0740. The van der Waals surface area contributed by atoms with Gasteiger partial charge in [-0.1, -0.05) is 46.4 Å². The maximum atomic E-state index is 9.77. The van der Waals surface area contributed by atoms with Crippen molar-refractivity contribution in [2.45, 2.75) is 12.2 Å². The number of hydrogen-bond donors (Lipinski definition) is 2. The molecular formula is C12H8Cl4O2. The summed E-state index contributed by atoms with van der Waals surface area (Å²) in [6.45, 7) is 0. The second-order valence-electron chi connectivity index (χ2n) is 3.80. The summed E-state index contributed by atoms with van der Waals surface area (Å²) in [5, 5.41) is 20.4. The fourth-order valence-corrected chi connectivity index (χ4v) is 2.55. The molecule has 0 saturated heterocycles. The summed E-state index contributed by atoms with van der Waals surface area (Å²) in [6, 6.07) is 4.88. The van der Waals surface area contributed by atoms with E-state index in [1.54, 1.807) is 18.2 Å². The molecule has 1 aromatic rings. The van der Waals surface area contributed by atoms with Crippen molar-refractivity contribution in [2.75, 3.05) is 0 Å². The number of hydrogen-bond acceptors (Lipinski definition) is 2. The van der Waals surface area contributed by atoms with Crippen LogP contribution in [0.3, 0.4) is 0 Å². The molecule has 0 saturated carbocycles. The highest BCUT2D eigenvalue weighted by Gasteiger charge is 2.30. The van der Waals surface area contributed by atoms with Crippen LogP contribution in [0.15, 0.2) is 34.3 Å². The van der Waals surface area contributed by atoms with Crippen molar-refractivity contribution >= 4 is 52.0 Å². The fourth-order valence-electron chi connectivity index (χ4n) is 1.65. The number of allylic oxidation sites excluding steroid dienone is 2. The van der Waals surface area contributed by atoms with Crippen LogP contribution in [-0.4, -0.2) is 22.4 Å². The molecule has 2 nitrogen and oxygen atoms in total. The highest BCUT2D eigenvalue weighted by molar-refractivity contribution is 6.39. The van der Waals surface area contributed by atoms with Crippen molar-refractivity contribution in [1.29, 1.82) is 0 Å². The summed E-state index contributed by atoms with van der Waals surface area (Å²) >= 11 is 23.8. The Kier molecular flexibility index (Phi) is 4.27. The van der Waals surface area contributed by atoms with E-state index in [0.717, 1.165) is 0 Å². The summed E-state index contributed by atoms with van der Waals surface area (Å²) in [6.07, 6.45) is -1.02. The van der Waals surface area contributed by atoms with Crippen molar-refractivity contribution in [2.24, 2.45) is 0 Å². The molecule has 0 heterocycles. The van der Waals surface area contributed by atoms with E-state index in [1.807, 2.05) is 0 Å². The van der Waals surface area contributed by atoms with Crippen molar-refractivity contribution in [3.05, 3.63) is 49.9 Å². The minimum atomic E-state index is -1.27. The Morgan fingerprint density at radius 2 is 1.61 bits per heavy atom. The van der Waals surface area contributed by atoms with Gasteiger partial charge in [0.1, 0.15) is 12.2 Å². The van der Waals surface area contributed by atoms with Gasteiger partial charge in [-0.2, -0.15) is 0 Å². The van der Waals surface area contributed by atoms with Gasteiger partial charge in [0.25, 0.3) is 0 Å². The molecule has 1 aliphatic carbocycles. The Labute approximate surface area is 124 Å². The predicted octanol–water partition coefficient (Wildman–Crippen LogP) is 3.80. The van der Waals surface area contributed by atoms with Crippen LogP contribution in [0.25, 0.3) is 5.57 Å². The molecule has 2 atom stereocenters. The monoisotopic (exact) mass is 324 g/mol. The van der Waals surface area contributed by atoms with Crippen molar-refractivity contribution in [3.8, 4) is 0 Å². The second kappa shape index (κ2) is 5.41. The topological polar surface area (TPSA) is 40.5 Å². The van der Waals surface area contributed by atoms with Crippen LogP contribution in [0.2, 0.25) is 10.0 Å². The third-order valence-corrected chi connectivity index (χ3v) is 3.92. The first-order chi connectivity index (χ1) is 8.41. The normalized spacial score (nSPS) is 24.2. The Bertz CT molecular complexity index is 551. The summed E-state index contributed by atoms with van der Waals surface area (Å²) in [5.41, 5.74) is 1.00. The molecule has 2 N–H and O–H groups in total. The average Bonchev–Trinajstić information content (AvgIpc) is 2.34. The SMILES string of the molecule is O[C@@H]1C(Cl)=CC(c2cc(Cl)ccc2Cl)=C(Cl)[C@@H]1O. The molecule has 0 unspecified atom stereocenters. The van der Waals surface area contributed by atoms with Gasteiger partial charge in [-0.3, -0.25) is 0 Å². The number of rotatable bonds is 1. The first-order valence-electron chi connectivity index (χ1n) is 5.00. The molecule has 0 amide bonds. The molecule has 0 aliphatic heterocycles. The van der Waals surface area contributed by atoms with Crippen LogP contribution in [0.1, 0.15) is 5.56 Å². The van der Waals surface area contributed by atoms with Crippen LogP contribution < -0.4 is 0 Å². The zero-order valence-corrected chi connectivity index (χ0v) is 11.9. The fraction of sp³-hybridized carbons (Fsp3) is 0.167. The number of benzene rings is 1. The molecule has 2 rings (SSSR count). The highest BCUT2D eigenvalue weighted by Crippen LogP contribution is 2.38. The first-order valence-corrected chi connectivity index (χ1v) is 6.51. The van der Waals surface area contributed by atoms with E-state index in [0.29, 0.717) is 21.2 Å². The minimum Gasteiger partial charge on any atom is -0.384 e. The van der Waals surface area contributed by atoms with Crippen LogP contribution in [0.4, 0.5) is 0 Å². The molecule has 0 aromatic heterocycles. The lowest BCUT2D eigenvalue weighted by Crippen LogP contribution is -2.29. The van der Waals surface area contributed by atoms with Crippen LogP contribution in [-0.2, 0) is 0 Å². The Hall–Kier alpha value is -0.220. The van der Waals surface area contributed by atoms with Gasteiger partial charge in [-0.05, 0) is 24.3 Å². The number of halogens is 4. The Morgan fingerprint density at radius 1 is 0.944 bits per heavy atom. The maximum absolute atomic E-state index is 9.77. The molecule has 18 heavy (non-hydrogen) atoms. The summed E-state index contributed by atoms with van der Waals surface area (Å²) < 4.78 is 0. The first kappa shape index (κ1) is 14.2. The second-order valence-corrected chi connectivity index (χ2v) is 5.49. The zero-order valence-electron chi connectivity index (χ0n) is 8.87. The quantitative estimate of drug-likeness (QED) is 0.824. The lowest BCUT2D eigenvalue weighted by atomic mass is 9.96. The molecule has 0 bridgehead atoms. The minimum absolute atomic E-state index is 0.0797. The maximum Gasteiger partial charge on any atom is 0.121 e. The van der Waals surface area contributed by atoms with Gasteiger partial charge in [0.05, 0.1) is 10.1 Å². The molecule has 6 heteroatoms. The Morgan fingerprint density at radius 3 is 2.28 bits per heavy atom. The average molecular weight is 326 g/mol. The van der Waals surface area contributed by atoms with Gasteiger partial charge >= 0.3 is 0 Å². The molecule has 0 spiro atoms. The molecule has 0 radical (unpaired) electrons. The molecule has 96 valence electrons. The summed E-state index contributed by atoms with van der Waals surface area (Å²) in [7, 11) is 0. The molecule has 1 aromatic carbocycles. The largest absolute Gasteiger partial charge is 0.384 e. The van der Waals surface area contributed by atoms with Gasteiger partial charge in [-0.25, -0.2) is 0 Å². The summed E-state index contributed by atoms with van der Waals surface area (Å²) in [5.74, 6) is 0. The van der Waals surface area contributed by atoms with Gasteiger partial charge < -0.3 is 10.2 Å². The third kappa shape index (κ3) is 2.55. The Balaban J connectivity index is 2.60. The zero-order chi connectivity index (χ0) is 13.4. The number of aliphatic hydroxyl groups is 2. The van der Waals surface area contributed by atoms with Crippen molar-refractivity contribution < 1.29 is 10.2 Å². The van der Waals surface area contributed by atoms with E-state index >= 15 is 0 Å². The summed E-state index contributed by atoms with van der Waals surface area (Å²) in [4.78, 5) is 0. The van der Waals surface area contributed by atoms with E-state index < -0.39 is 12.2 Å². The molecule has 0 fully saturated rings. The third-order valence-electron chi connectivity index (χ3n) is 2.60. The molecular weight excluding hydrogens is 318 g/mol. The van der Waals surface area contributed by atoms with Gasteiger partial charge in [-0.15, -0.1) is 0 Å². The van der Waals surface area contributed by atoms with E-state index in [-0.39, 0.29) is 10.1 Å². The van der Waals surface area contributed by atoms with E-state index in [4.69, 9.17) is 46.4 Å². The lowest BCUT2D eigenvalue weighted by Gasteiger charge is -2.24. The predicted molar refractivity (Wildman–Crippen MR) is 75.2 cm³/mol. The highest BCUT2D eigenvalue weighted by atomic mass is 35.5. The van der Waals surface area contributed by atoms with E-state index in [2.05, 4.69) is 0 Å². The van der Waals surface area contributed by atoms with Gasteiger partial charge in [0.15, 0.2) is 0 Å². The van der Waals surface area contributed by atoms with Crippen LogP contribution in [0, 0.1) is 0 Å². The van der Waals surface area contributed by atoms with E-state index in [1.165, 1.54) is 6.08 Å². The standard InChI is InChI=1S/C12H8Cl4O2/c13-5-1-2-8(14)6(3-5)7-4-9(15)11(17)12(18)10(7)16/h1-4,11-12,17-18H/t11-,12+/m1/s1. The van der Waals surface area contributed by atoms with Crippen molar-refractivity contribution in [3.63, 3.8) is 0 Å². The van der Waals surface area contributed by atoms with Crippen LogP contribution >= 0.6 is 46.4 Å². The van der Waals surface area contributed by atoms with Gasteiger partial charge in [0, 0.05) is 21.2 Å². The van der Waals surface area contributed by atoms with E-state index in [9.17, 15) is 10.2 Å². The van der Waals surface area contributed by atoms with Crippen LogP contribution in [0.5, 0.6) is 0 Å². The smallest absolute Gasteiger partial charge is 0.121 e. The molecule has 1 aliphatic rings. The van der Waals surface area contributed by atoms with Gasteiger partial charge in [0.2, 0.25) is 0 Å². The number of aliphatic hydroxyl groups excluding tert-OH is 2. The van der Waals surface area contributed by atoms with Crippen molar-refractivity contribution in [1.82, 2.24) is 0 Å².